The van der Waals surface area contributed by atoms with Crippen LogP contribution in [0, 0.1) is 17.5 Å². The molecule has 0 aliphatic carbocycles. The second kappa shape index (κ2) is 8.89. The Labute approximate surface area is 148 Å². The number of nitrogens with one attached hydrogen (secondary N) is 2. The highest BCUT2D eigenvalue weighted by Crippen LogP contribution is 2.19. The van der Waals surface area contributed by atoms with E-state index < -0.39 is 41.5 Å². The van der Waals surface area contributed by atoms with Crippen molar-refractivity contribution < 1.29 is 27.5 Å². The lowest BCUT2D eigenvalue weighted by molar-refractivity contribution is -0.123. The minimum Gasteiger partial charge on any atom is -0.494 e. The van der Waals surface area contributed by atoms with Crippen molar-refractivity contribution in [3.05, 3.63) is 59.4 Å². The number of hydrogen-bond donors (Lipinski definition) is 2. The number of benzene rings is 2. The van der Waals surface area contributed by atoms with E-state index in [0.717, 1.165) is 11.6 Å². The minimum absolute atomic E-state index is 0.0409. The molecule has 2 aromatic rings. The summed E-state index contributed by atoms with van der Waals surface area (Å²) in [6.45, 7) is 1.96. The summed E-state index contributed by atoms with van der Waals surface area (Å²) in [5.74, 6) is -5.04. The quantitative estimate of drug-likeness (QED) is 0.741. The van der Waals surface area contributed by atoms with E-state index in [1.54, 1.807) is 24.3 Å². The molecule has 2 N–H and O–H groups in total. The third-order valence-corrected chi connectivity index (χ3v) is 3.35. The Hall–Kier alpha value is -3.03. The molecule has 0 saturated heterocycles. The average Bonchev–Trinajstić information content (AvgIpc) is 2.62. The summed E-state index contributed by atoms with van der Waals surface area (Å²) in [7, 11) is 0. The Morgan fingerprint density at radius 1 is 0.962 bits per heavy atom. The first kappa shape index (κ1) is 19.3. The van der Waals surface area contributed by atoms with Gasteiger partial charge in [-0.2, -0.15) is 0 Å². The maximum Gasteiger partial charge on any atom is 0.243 e. The van der Waals surface area contributed by atoms with Gasteiger partial charge in [0.15, 0.2) is 17.5 Å². The largest absolute Gasteiger partial charge is 0.494 e. The van der Waals surface area contributed by atoms with Crippen molar-refractivity contribution in [2.24, 2.45) is 0 Å². The van der Waals surface area contributed by atoms with E-state index in [-0.39, 0.29) is 6.42 Å². The molecule has 0 fully saturated rings. The zero-order valence-electron chi connectivity index (χ0n) is 13.9. The Morgan fingerprint density at radius 2 is 1.65 bits per heavy atom. The Morgan fingerprint density at radius 3 is 2.31 bits per heavy atom. The molecule has 138 valence electrons. The number of anilines is 1. The second-order valence-corrected chi connectivity index (χ2v) is 5.30. The Balaban J connectivity index is 1.83. The molecule has 2 amide bonds. The van der Waals surface area contributed by atoms with Gasteiger partial charge in [-0.25, -0.2) is 13.2 Å². The van der Waals surface area contributed by atoms with E-state index in [0.29, 0.717) is 18.4 Å². The molecule has 0 atom stereocenters. The molecule has 26 heavy (non-hydrogen) atoms. The maximum atomic E-state index is 13.5. The van der Waals surface area contributed by atoms with Crippen molar-refractivity contribution in [2.75, 3.05) is 18.5 Å². The van der Waals surface area contributed by atoms with Gasteiger partial charge in [-0.3, -0.25) is 9.59 Å². The number of halogens is 3. The number of carbonyl (C=O) groups is 2. The van der Waals surface area contributed by atoms with Crippen LogP contribution in [0.4, 0.5) is 18.9 Å². The lowest BCUT2D eigenvalue weighted by Crippen LogP contribution is -2.34. The van der Waals surface area contributed by atoms with Crippen molar-refractivity contribution >= 4 is 17.5 Å². The summed E-state index contributed by atoms with van der Waals surface area (Å²) in [6, 6.07) is 8.49. The van der Waals surface area contributed by atoms with Crippen LogP contribution in [-0.4, -0.2) is 25.0 Å². The van der Waals surface area contributed by atoms with Crippen molar-refractivity contribution in [3.63, 3.8) is 0 Å². The summed E-state index contributed by atoms with van der Waals surface area (Å²) in [5.41, 5.74) is 0.215. The first-order chi connectivity index (χ1) is 12.4. The third-order valence-electron chi connectivity index (χ3n) is 3.35. The first-order valence-electron chi connectivity index (χ1n) is 7.82. The van der Waals surface area contributed by atoms with Gasteiger partial charge in [0.25, 0.3) is 0 Å². The number of ether oxygens (including phenoxy) is 1. The number of hydrogen-bond acceptors (Lipinski definition) is 3. The standard InChI is InChI=1S/C18H17F3N2O3/c1-2-26-12-5-3-11(4-6-12)9-15(24)22-10-16(25)23-14-8-7-13(19)17(20)18(14)21/h3-8H,2,9-10H2,1H3,(H,22,24)(H,23,25). The molecule has 0 bridgehead atoms. The molecular weight excluding hydrogens is 349 g/mol. The smallest absolute Gasteiger partial charge is 0.243 e. The number of carbonyl (C=O) groups excluding carboxylic acids is 2. The second-order valence-electron chi connectivity index (χ2n) is 5.30. The molecule has 0 aliphatic rings. The molecule has 0 radical (unpaired) electrons. The fourth-order valence-corrected chi connectivity index (χ4v) is 2.11. The van der Waals surface area contributed by atoms with Crippen LogP contribution in [0.15, 0.2) is 36.4 Å². The normalized spacial score (nSPS) is 10.3. The monoisotopic (exact) mass is 366 g/mol. The van der Waals surface area contributed by atoms with Gasteiger partial charge < -0.3 is 15.4 Å². The van der Waals surface area contributed by atoms with E-state index in [2.05, 4.69) is 10.6 Å². The van der Waals surface area contributed by atoms with Gasteiger partial charge in [0.1, 0.15) is 5.75 Å². The van der Waals surface area contributed by atoms with Crippen molar-refractivity contribution in [2.45, 2.75) is 13.3 Å². The molecule has 0 aromatic heterocycles. The van der Waals surface area contributed by atoms with E-state index >= 15 is 0 Å². The highest BCUT2D eigenvalue weighted by molar-refractivity contribution is 5.94. The van der Waals surface area contributed by atoms with E-state index in [1.807, 2.05) is 6.92 Å². The van der Waals surface area contributed by atoms with Crippen LogP contribution < -0.4 is 15.4 Å². The predicted octanol–water partition coefficient (Wildman–Crippen LogP) is 2.80. The molecule has 2 aromatic carbocycles. The predicted molar refractivity (Wildman–Crippen MR) is 89.3 cm³/mol. The molecule has 2 rings (SSSR count). The summed E-state index contributed by atoms with van der Waals surface area (Å²) in [6.07, 6.45) is 0.0409. The summed E-state index contributed by atoms with van der Waals surface area (Å²) in [4.78, 5) is 23.5. The van der Waals surface area contributed by atoms with Crippen molar-refractivity contribution in [1.82, 2.24) is 5.32 Å². The van der Waals surface area contributed by atoms with Gasteiger partial charge in [-0.15, -0.1) is 0 Å². The van der Waals surface area contributed by atoms with Crippen LogP contribution in [0.1, 0.15) is 12.5 Å². The van der Waals surface area contributed by atoms with Gasteiger partial charge in [0.2, 0.25) is 11.8 Å². The van der Waals surface area contributed by atoms with Crippen molar-refractivity contribution in [3.8, 4) is 5.75 Å². The van der Waals surface area contributed by atoms with Crippen LogP contribution in [-0.2, 0) is 16.0 Å². The fraction of sp³-hybridized carbons (Fsp3) is 0.222. The maximum absolute atomic E-state index is 13.5. The van der Waals surface area contributed by atoms with Gasteiger partial charge in [0.05, 0.1) is 25.3 Å². The SMILES string of the molecule is CCOc1ccc(CC(=O)NCC(=O)Nc2ccc(F)c(F)c2F)cc1. The lowest BCUT2D eigenvalue weighted by Gasteiger charge is -2.09. The zero-order valence-corrected chi connectivity index (χ0v) is 13.9. The minimum atomic E-state index is -1.68. The van der Waals surface area contributed by atoms with Gasteiger partial charge in [-0.1, -0.05) is 12.1 Å². The highest BCUT2D eigenvalue weighted by atomic mass is 19.2. The Bertz CT molecular complexity index is 795. The molecule has 5 nitrogen and oxygen atoms in total. The molecule has 0 unspecified atom stereocenters. The molecule has 0 aliphatic heterocycles. The van der Waals surface area contributed by atoms with Crippen LogP contribution >= 0.6 is 0 Å². The highest BCUT2D eigenvalue weighted by Gasteiger charge is 2.15. The van der Waals surface area contributed by atoms with Crippen molar-refractivity contribution in [1.29, 1.82) is 0 Å². The van der Waals surface area contributed by atoms with Gasteiger partial charge in [-0.05, 0) is 36.8 Å². The van der Waals surface area contributed by atoms with E-state index in [9.17, 15) is 22.8 Å². The van der Waals surface area contributed by atoms with Crippen LogP contribution in [0.5, 0.6) is 5.75 Å². The first-order valence-corrected chi connectivity index (χ1v) is 7.82. The molecular formula is C18H17F3N2O3. The molecule has 8 heteroatoms. The third kappa shape index (κ3) is 5.23. The fourth-order valence-electron chi connectivity index (χ4n) is 2.11. The van der Waals surface area contributed by atoms with Gasteiger partial charge in [0, 0.05) is 0 Å². The lowest BCUT2D eigenvalue weighted by atomic mass is 10.1. The summed E-state index contributed by atoms with van der Waals surface area (Å²) < 4.78 is 44.7. The number of amides is 2. The average molecular weight is 366 g/mol. The van der Waals surface area contributed by atoms with E-state index in [4.69, 9.17) is 4.74 Å². The van der Waals surface area contributed by atoms with Crippen LogP contribution in [0.25, 0.3) is 0 Å². The molecule has 0 heterocycles. The summed E-state index contributed by atoms with van der Waals surface area (Å²) >= 11 is 0. The molecule has 0 spiro atoms. The Kier molecular flexibility index (Phi) is 6.60. The zero-order chi connectivity index (χ0) is 19.1. The summed E-state index contributed by atoms with van der Waals surface area (Å²) in [5, 5.41) is 4.43. The topological polar surface area (TPSA) is 67.4 Å². The number of rotatable bonds is 7. The van der Waals surface area contributed by atoms with Crippen LogP contribution in [0.3, 0.4) is 0 Å². The van der Waals surface area contributed by atoms with Crippen LogP contribution in [0.2, 0.25) is 0 Å². The van der Waals surface area contributed by atoms with E-state index in [1.165, 1.54) is 0 Å². The molecule has 0 saturated carbocycles. The van der Waals surface area contributed by atoms with Gasteiger partial charge >= 0.3 is 0 Å².